The lowest BCUT2D eigenvalue weighted by atomic mass is 9.96. The van der Waals surface area contributed by atoms with E-state index >= 15 is 0 Å². The molecule has 1 atom stereocenters. The summed E-state index contributed by atoms with van der Waals surface area (Å²) < 4.78 is 7.91. The molecule has 5 heterocycles. The van der Waals surface area contributed by atoms with Crippen LogP contribution in [0.2, 0.25) is 5.02 Å². The predicted octanol–water partition coefficient (Wildman–Crippen LogP) is 5.04. The molecular weight excluding hydrogens is 500 g/mol. The molecule has 7 rings (SSSR count). The highest BCUT2D eigenvalue weighted by atomic mass is 35.5. The Kier molecular flexibility index (Phi) is 5.29. The van der Waals surface area contributed by atoms with Crippen LogP contribution in [-0.2, 0) is 24.8 Å². The van der Waals surface area contributed by atoms with Crippen molar-refractivity contribution in [3.8, 4) is 11.4 Å². The van der Waals surface area contributed by atoms with Crippen LogP contribution in [0.4, 0.5) is 11.6 Å². The van der Waals surface area contributed by atoms with Gasteiger partial charge in [0.1, 0.15) is 22.4 Å². The van der Waals surface area contributed by atoms with Gasteiger partial charge in [0.15, 0.2) is 5.82 Å². The van der Waals surface area contributed by atoms with Crippen LogP contribution in [0.5, 0.6) is 0 Å². The third kappa shape index (κ3) is 3.48. The Bertz CT molecular complexity index is 1580. The van der Waals surface area contributed by atoms with Gasteiger partial charge in [-0.1, -0.05) is 17.7 Å². The summed E-state index contributed by atoms with van der Waals surface area (Å²) in [6.07, 6.45) is 4.10. The van der Waals surface area contributed by atoms with E-state index in [2.05, 4.69) is 52.9 Å². The number of hydrogen-bond acceptors (Lipinski definition) is 7. The van der Waals surface area contributed by atoms with Gasteiger partial charge in [-0.25, -0.2) is 9.97 Å². The second kappa shape index (κ2) is 8.41. The number of nitrogens with zero attached hydrogens (tertiary/aromatic N) is 7. The molecule has 1 aromatic carbocycles. The van der Waals surface area contributed by atoms with Crippen LogP contribution in [0.15, 0.2) is 12.1 Å². The lowest BCUT2D eigenvalue weighted by Gasteiger charge is -2.51. The maximum absolute atomic E-state index is 6.92. The summed E-state index contributed by atoms with van der Waals surface area (Å²) in [7, 11) is 3.78. The smallest absolute Gasteiger partial charge is 0.162 e. The maximum Gasteiger partial charge on any atom is 0.162 e. The number of aromatic amines is 1. The van der Waals surface area contributed by atoms with E-state index in [9.17, 15) is 0 Å². The average Bonchev–Trinajstić information content (AvgIpc) is 3.61. The van der Waals surface area contributed by atoms with Crippen molar-refractivity contribution >= 4 is 34.1 Å². The van der Waals surface area contributed by atoms with Crippen LogP contribution >= 0.6 is 11.6 Å². The molecule has 3 aliphatic rings. The Hall–Kier alpha value is -3.17. The minimum absolute atomic E-state index is 0.391. The lowest BCUT2D eigenvalue weighted by molar-refractivity contribution is -0.0416. The molecule has 1 aliphatic carbocycles. The number of hydrogen-bond donors (Lipinski definition) is 1. The van der Waals surface area contributed by atoms with Gasteiger partial charge >= 0.3 is 0 Å². The normalized spacial score (nSPS) is 21.2. The molecule has 198 valence electrons. The number of fused-ring (bicyclic) bond motifs is 2. The number of nitrogens with one attached hydrogen (secondary N) is 1. The van der Waals surface area contributed by atoms with Gasteiger partial charge in [-0.3, -0.25) is 9.78 Å². The Morgan fingerprint density at radius 3 is 2.68 bits per heavy atom. The van der Waals surface area contributed by atoms with Crippen molar-refractivity contribution in [1.29, 1.82) is 0 Å². The van der Waals surface area contributed by atoms with Crippen molar-refractivity contribution in [3.63, 3.8) is 0 Å². The SMILES string of the molecule is COC1(C)CCN1c1nc(-c2c(C)ccc3n[nH]c(C)c23)nc2c1CN(c1c(Cl)c(C3CC3)nn1C)CC2. The standard InChI is InChI=1S/C28H33ClN8O/c1-15-6-9-20-22(16(2)32-33-20)21(15)25-30-19-10-12-36(27-23(29)24(17-7-8-17)34-35(27)4)14-18(19)26(31-25)37-13-11-28(37,3)38-5/h6,9,17H,7-8,10-14H2,1-5H3,(H,32,33). The molecule has 3 aromatic heterocycles. The zero-order valence-electron chi connectivity index (χ0n) is 22.6. The van der Waals surface area contributed by atoms with Gasteiger partial charge in [-0.2, -0.15) is 10.2 Å². The van der Waals surface area contributed by atoms with Gasteiger partial charge in [0.05, 0.1) is 16.9 Å². The van der Waals surface area contributed by atoms with E-state index in [1.165, 1.54) is 12.8 Å². The molecule has 0 radical (unpaired) electrons. The number of benzene rings is 1. The number of H-pyrrole nitrogens is 1. The van der Waals surface area contributed by atoms with Crippen LogP contribution < -0.4 is 9.80 Å². The maximum atomic E-state index is 6.92. The fourth-order valence-electron chi connectivity index (χ4n) is 6.12. The summed E-state index contributed by atoms with van der Waals surface area (Å²) in [4.78, 5) is 15.1. The van der Waals surface area contributed by atoms with Crippen molar-refractivity contribution in [2.45, 2.75) is 64.6 Å². The van der Waals surface area contributed by atoms with E-state index in [0.717, 1.165) is 93.1 Å². The van der Waals surface area contributed by atoms with Crippen LogP contribution in [0.3, 0.4) is 0 Å². The van der Waals surface area contributed by atoms with Gasteiger partial charge < -0.3 is 14.5 Å². The zero-order valence-corrected chi connectivity index (χ0v) is 23.4. The first kappa shape index (κ1) is 23.9. The predicted molar refractivity (Wildman–Crippen MR) is 149 cm³/mol. The van der Waals surface area contributed by atoms with Gasteiger partial charge in [-0.05, 0) is 45.2 Å². The number of anilines is 2. The molecule has 1 unspecified atom stereocenters. The van der Waals surface area contributed by atoms with E-state index < -0.39 is 5.72 Å². The average molecular weight is 533 g/mol. The first-order valence-corrected chi connectivity index (χ1v) is 13.8. The summed E-state index contributed by atoms with van der Waals surface area (Å²) in [5, 5.41) is 14.3. The number of rotatable bonds is 5. The molecule has 4 aromatic rings. The molecule has 1 saturated heterocycles. The number of aryl methyl sites for hydroxylation is 3. The fraction of sp³-hybridized carbons (Fsp3) is 0.500. The molecule has 2 aliphatic heterocycles. The molecule has 9 nitrogen and oxygen atoms in total. The third-order valence-corrected chi connectivity index (χ3v) is 9.05. The fourth-order valence-corrected chi connectivity index (χ4v) is 6.55. The molecule has 1 N–H and O–H groups in total. The van der Waals surface area contributed by atoms with Crippen LogP contribution in [0.1, 0.15) is 60.3 Å². The molecule has 0 bridgehead atoms. The highest BCUT2D eigenvalue weighted by Gasteiger charge is 2.44. The molecule has 2 fully saturated rings. The van der Waals surface area contributed by atoms with Crippen LogP contribution in [-0.4, -0.2) is 55.9 Å². The third-order valence-electron chi connectivity index (χ3n) is 8.69. The van der Waals surface area contributed by atoms with Crippen molar-refractivity contribution < 1.29 is 4.74 Å². The van der Waals surface area contributed by atoms with Gasteiger partial charge in [-0.15, -0.1) is 0 Å². The van der Waals surface area contributed by atoms with E-state index in [0.29, 0.717) is 12.5 Å². The Morgan fingerprint density at radius 2 is 1.97 bits per heavy atom. The number of aromatic nitrogens is 6. The minimum atomic E-state index is -0.391. The van der Waals surface area contributed by atoms with Crippen molar-refractivity contribution in [2.75, 3.05) is 30.0 Å². The van der Waals surface area contributed by atoms with Crippen molar-refractivity contribution in [2.24, 2.45) is 7.05 Å². The molecule has 38 heavy (non-hydrogen) atoms. The van der Waals surface area contributed by atoms with Crippen LogP contribution in [0.25, 0.3) is 22.3 Å². The summed E-state index contributed by atoms with van der Waals surface area (Å²) in [5.74, 6) is 3.19. The number of methoxy groups -OCH3 is 1. The summed E-state index contributed by atoms with van der Waals surface area (Å²) in [5.41, 5.74) is 7.01. The van der Waals surface area contributed by atoms with E-state index in [-0.39, 0.29) is 0 Å². The molecule has 0 spiro atoms. The number of ether oxygens (including phenoxy) is 1. The van der Waals surface area contributed by atoms with E-state index in [4.69, 9.17) is 31.4 Å². The first-order chi connectivity index (χ1) is 18.3. The summed E-state index contributed by atoms with van der Waals surface area (Å²) >= 11 is 6.92. The second-order valence-corrected chi connectivity index (χ2v) is 11.5. The largest absolute Gasteiger partial charge is 0.359 e. The summed E-state index contributed by atoms with van der Waals surface area (Å²) in [6.45, 7) is 8.70. The van der Waals surface area contributed by atoms with Gasteiger partial charge in [0, 0.05) is 74.8 Å². The van der Waals surface area contributed by atoms with Crippen molar-refractivity contribution in [1.82, 2.24) is 29.9 Å². The van der Waals surface area contributed by atoms with Crippen LogP contribution in [0, 0.1) is 13.8 Å². The van der Waals surface area contributed by atoms with Crippen molar-refractivity contribution in [3.05, 3.63) is 45.4 Å². The Labute approximate surface area is 227 Å². The van der Waals surface area contributed by atoms with E-state index in [1.54, 1.807) is 7.11 Å². The minimum Gasteiger partial charge on any atom is -0.359 e. The van der Waals surface area contributed by atoms with E-state index in [1.807, 2.05) is 11.7 Å². The second-order valence-electron chi connectivity index (χ2n) is 11.2. The van der Waals surface area contributed by atoms with Gasteiger partial charge in [0.25, 0.3) is 0 Å². The highest BCUT2D eigenvalue weighted by molar-refractivity contribution is 6.33. The molecule has 10 heteroatoms. The first-order valence-electron chi connectivity index (χ1n) is 13.4. The summed E-state index contributed by atoms with van der Waals surface area (Å²) in [6, 6.07) is 4.16. The Balaban J connectivity index is 1.37. The quantitative estimate of drug-likeness (QED) is 0.385. The Morgan fingerprint density at radius 1 is 1.16 bits per heavy atom. The molecular formula is C28H33ClN8O. The number of halogens is 1. The molecule has 1 saturated carbocycles. The monoisotopic (exact) mass is 532 g/mol. The molecule has 0 amide bonds. The highest BCUT2D eigenvalue weighted by Crippen LogP contribution is 2.47. The zero-order chi connectivity index (χ0) is 26.3. The topological polar surface area (TPSA) is 88.0 Å². The lowest BCUT2D eigenvalue weighted by Crippen LogP contribution is -2.60. The van der Waals surface area contributed by atoms with Gasteiger partial charge in [0.2, 0.25) is 0 Å².